The summed E-state index contributed by atoms with van der Waals surface area (Å²) in [6.45, 7) is 1.74. The van der Waals surface area contributed by atoms with Gasteiger partial charge in [-0.05, 0) is 42.6 Å². The van der Waals surface area contributed by atoms with E-state index in [0.717, 1.165) is 10.6 Å². The summed E-state index contributed by atoms with van der Waals surface area (Å²) in [5, 5.41) is 15.6. The first-order chi connectivity index (χ1) is 12.2. The van der Waals surface area contributed by atoms with Gasteiger partial charge in [-0.25, -0.2) is 9.78 Å². The number of thiophene rings is 1. The Morgan fingerprint density at radius 1 is 1.28 bits per heavy atom. The molecule has 25 heavy (non-hydrogen) atoms. The molecule has 0 saturated heterocycles. The van der Waals surface area contributed by atoms with Gasteiger partial charge in [-0.15, -0.1) is 11.3 Å². The van der Waals surface area contributed by atoms with Crippen LogP contribution < -0.4 is 4.74 Å². The second-order valence-corrected chi connectivity index (χ2v) is 6.80. The van der Waals surface area contributed by atoms with Gasteiger partial charge in [-0.2, -0.15) is 16.6 Å². The lowest BCUT2D eigenvalue weighted by atomic mass is 10.2. The molecule has 1 atom stereocenters. The van der Waals surface area contributed by atoms with Gasteiger partial charge in [-0.1, -0.05) is 0 Å². The zero-order valence-corrected chi connectivity index (χ0v) is 15.0. The van der Waals surface area contributed by atoms with E-state index in [1.54, 1.807) is 42.5 Å². The molecule has 0 aliphatic heterocycles. The second-order valence-electron chi connectivity index (χ2n) is 5.16. The van der Waals surface area contributed by atoms with Crippen LogP contribution in [0.2, 0.25) is 0 Å². The van der Waals surface area contributed by atoms with Crippen LogP contribution in [-0.4, -0.2) is 17.1 Å². The second kappa shape index (κ2) is 7.92. The standard InChI is InChI=1S/C18H14N2O3S2/c1-12(23-16-4-2-13(8-19)3-5-16)18(21)22-9-15-11-25-17(20-15)14-6-7-24-10-14/h2-7,10-12H,9H2,1H3/t12-/m0/s1. The molecule has 0 radical (unpaired) electrons. The Balaban J connectivity index is 1.52. The lowest BCUT2D eigenvalue weighted by Gasteiger charge is -2.13. The van der Waals surface area contributed by atoms with E-state index in [9.17, 15) is 4.79 Å². The minimum Gasteiger partial charge on any atom is -0.479 e. The molecule has 5 nitrogen and oxygen atoms in total. The van der Waals surface area contributed by atoms with Gasteiger partial charge in [0.15, 0.2) is 6.10 Å². The first-order valence-corrected chi connectivity index (χ1v) is 9.28. The molecular weight excluding hydrogens is 356 g/mol. The van der Waals surface area contributed by atoms with Crippen molar-refractivity contribution >= 4 is 28.6 Å². The minimum absolute atomic E-state index is 0.112. The Morgan fingerprint density at radius 2 is 2.08 bits per heavy atom. The van der Waals surface area contributed by atoms with E-state index >= 15 is 0 Å². The molecule has 3 rings (SSSR count). The summed E-state index contributed by atoms with van der Waals surface area (Å²) in [6, 6.07) is 10.6. The Morgan fingerprint density at radius 3 is 2.76 bits per heavy atom. The Bertz CT molecular complexity index is 880. The number of carbonyl (C=O) groups excluding carboxylic acids is 1. The number of hydrogen-bond donors (Lipinski definition) is 0. The van der Waals surface area contributed by atoms with Crippen molar-refractivity contribution in [2.24, 2.45) is 0 Å². The van der Waals surface area contributed by atoms with E-state index < -0.39 is 12.1 Å². The summed E-state index contributed by atoms with van der Waals surface area (Å²) in [5.41, 5.74) is 2.32. The monoisotopic (exact) mass is 370 g/mol. The normalized spacial score (nSPS) is 11.5. The number of nitrogens with zero attached hydrogens (tertiary/aromatic N) is 2. The van der Waals surface area contributed by atoms with Crippen LogP contribution in [0.15, 0.2) is 46.5 Å². The summed E-state index contributed by atoms with van der Waals surface area (Å²) in [5.74, 6) is 0.0475. The third-order valence-corrected chi connectivity index (χ3v) is 4.93. The molecular formula is C18H14N2O3S2. The summed E-state index contributed by atoms with van der Waals surface area (Å²) in [6.07, 6.45) is -0.747. The van der Waals surface area contributed by atoms with Crippen molar-refractivity contribution in [3.8, 4) is 22.4 Å². The first kappa shape index (κ1) is 17.1. The van der Waals surface area contributed by atoms with Crippen molar-refractivity contribution in [2.45, 2.75) is 19.6 Å². The fraction of sp³-hybridized carbons (Fsp3) is 0.167. The van der Waals surface area contributed by atoms with Gasteiger partial charge < -0.3 is 9.47 Å². The highest BCUT2D eigenvalue weighted by molar-refractivity contribution is 7.14. The minimum atomic E-state index is -0.747. The molecule has 0 bridgehead atoms. The van der Waals surface area contributed by atoms with Crippen molar-refractivity contribution in [1.82, 2.24) is 4.98 Å². The lowest BCUT2D eigenvalue weighted by Crippen LogP contribution is -2.26. The van der Waals surface area contributed by atoms with Crippen LogP contribution in [-0.2, 0) is 16.1 Å². The zero-order valence-electron chi connectivity index (χ0n) is 13.3. The van der Waals surface area contributed by atoms with Crippen molar-refractivity contribution in [3.05, 3.63) is 57.7 Å². The van der Waals surface area contributed by atoms with Crippen LogP contribution in [0.5, 0.6) is 5.75 Å². The fourth-order valence-electron chi connectivity index (χ4n) is 2.01. The van der Waals surface area contributed by atoms with Gasteiger partial charge in [0, 0.05) is 16.3 Å². The predicted octanol–water partition coefficient (Wildman–Crippen LogP) is 4.25. The summed E-state index contributed by atoms with van der Waals surface area (Å²) in [7, 11) is 0. The van der Waals surface area contributed by atoms with E-state index in [0.29, 0.717) is 17.0 Å². The van der Waals surface area contributed by atoms with Crippen molar-refractivity contribution < 1.29 is 14.3 Å². The van der Waals surface area contributed by atoms with Crippen LogP contribution in [0.3, 0.4) is 0 Å². The molecule has 2 heterocycles. The molecule has 2 aromatic heterocycles. The average Bonchev–Trinajstić information content (AvgIpc) is 3.31. The van der Waals surface area contributed by atoms with E-state index in [1.165, 1.54) is 11.3 Å². The molecule has 0 amide bonds. The number of nitriles is 1. The van der Waals surface area contributed by atoms with Crippen molar-refractivity contribution in [3.63, 3.8) is 0 Å². The molecule has 0 fully saturated rings. The maximum absolute atomic E-state index is 12.1. The van der Waals surface area contributed by atoms with Crippen molar-refractivity contribution in [1.29, 1.82) is 5.26 Å². The molecule has 7 heteroatoms. The highest BCUT2D eigenvalue weighted by atomic mass is 32.1. The molecule has 0 spiro atoms. The van der Waals surface area contributed by atoms with E-state index in [4.69, 9.17) is 14.7 Å². The van der Waals surface area contributed by atoms with Crippen LogP contribution >= 0.6 is 22.7 Å². The van der Waals surface area contributed by atoms with Crippen LogP contribution in [0.4, 0.5) is 0 Å². The van der Waals surface area contributed by atoms with Gasteiger partial charge >= 0.3 is 5.97 Å². The number of esters is 1. The Kier molecular flexibility index (Phi) is 5.43. The van der Waals surface area contributed by atoms with Crippen LogP contribution in [0.25, 0.3) is 10.6 Å². The SMILES string of the molecule is C[C@H](Oc1ccc(C#N)cc1)C(=O)OCc1csc(-c2ccsc2)n1. The molecule has 0 aliphatic carbocycles. The number of thiazole rings is 1. The third-order valence-electron chi connectivity index (χ3n) is 3.31. The molecule has 3 aromatic rings. The largest absolute Gasteiger partial charge is 0.479 e. The van der Waals surface area contributed by atoms with Crippen molar-refractivity contribution in [2.75, 3.05) is 0 Å². The third kappa shape index (κ3) is 4.44. The van der Waals surface area contributed by atoms with Gasteiger partial charge in [0.2, 0.25) is 0 Å². The number of rotatable bonds is 6. The molecule has 0 aliphatic rings. The maximum atomic E-state index is 12.1. The molecule has 0 N–H and O–H groups in total. The van der Waals surface area contributed by atoms with E-state index in [1.807, 2.05) is 28.3 Å². The molecule has 0 unspecified atom stereocenters. The van der Waals surface area contributed by atoms with E-state index in [2.05, 4.69) is 4.98 Å². The summed E-state index contributed by atoms with van der Waals surface area (Å²) in [4.78, 5) is 16.5. The lowest BCUT2D eigenvalue weighted by molar-refractivity contribution is -0.152. The summed E-state index contributed by atoms with van der Waals surface area (Å²) < 4.78 is 10.8. The fourth-order valence-corrected chi connectivity index (χ4v) is 3.53. The number of aromatic nitrogens is 1. The van der Waals surface area contributed by atoms with Gasteiger partial charge in [0.05, 0.1) is 17.3 Å². The average molecular weight is 370 g/mol. The molecule has 126 valence electrons. The van der Waals surface area contributed by atoms with Crippen LogP contribution in [0.1, 0.15) is 18.2 Å². The van der Waals surface area contributed by atoms with Gasteiger partial charge in [0.1, 0.15) is 17.4 Å². The Hall–Kier alpha value is -2.69. The highest BCUT2D eigenvalue weighted by Crippen LogP contribution is 2.26. The number of benzene rings is 1. The van der Waals surface area contributed by atoms with E-state index in [-0.39, 0.29) is 6.61 Å². The number of carbonyl (C=O) groups is 1. The number of ether oxygens (including phenoxy) is 2. The summed E-state index contributed by atoms with van der Waals surface area (Å²) >= 11 is 3.14. The predicted molar refractivity (Wildman–Crippen MR) is 96.5 cm³/mol. The number of hydrogen-bond acceptors (Lipinski definition) is 7. The topological polar surface area (TPSA) is 72.2 Å². The maximum Gasteiger partial charge on any atom is 0.347 e. The van der Waals surface area contributed by atoms with Crippen LogP contribution in [0, 0.1) is 11.3 Å². The first-order valence-electron chi connectivity index (χ1n) is 7.46. The highest BCUT2D eigenvalue weighted by Gasteiger charge is 2.17. The quantitative estimate of drug-likeness (QED) is 0.607. The van der Waals surface area contributed by atoms with Gasteiger partial charge in [0.25, 0.3) is 0 Å². The smallest absolute Gasteiger partial charge is 0.347 e. The Labute approximate surface area is 153 Å². The van der Waals surface area contributed by atoms with Gasteiger partial charge in [-0.3, -0.25) is 0 Å². The molecule has 0 saturated carbocycles. The molecule has 1 aromatic carbocycles. The zero-order chi connectivity index (χ0) is 17.6.